The van der Waals surface area contributed by atoms with E-state index < -0.39 is 10.0 Å². The Morgan fingerprint density at radius 1 is 1.06 bits per heavy atom. The molecule has 2 aromatic carbocycles. The lowest BCUT2D eigenvalue weighted by atomic mass is 10.0. The SMILES string of the molecule is CCN(CNS(C)(=O)=O)c1cc(C)c2nc3c4ccccc4c(=Nc4ccncc4)cc-3oc2c1. The summed E-state index contributed by atoms with van der Waals surface area (Å²) in [6.45, 7) is 4.74. The van der Waals surface area contributed by atoms with E-state index in [-0.39, 0.29) is 6.67 Å². The molecule has 1 aliphatic heterocycles. The average molecular weight is 488 g/mol. The van der Waals surface area contributed by atoms with Crippen molar-refractivity contribution >= 4 is 43.3 Å². The Kier molecular flexibility index (Phi) is 5.96. The zero-order valence-electron chi connectivity index (χ0n) is 19.7. The Morgan fingerprint density at radius 2 is 1.80 bits per heavy atom. The van der Waals surface area contributed by atoms with Crippen molar-refractivity contribution in [2.24, 2.45) is 4.99 Å². The van der Waals surface area contributed by atoms with Gasteiger partial charge < -0.3 is 9.32 Å². The molecule has 1 aliphatic carbocycles. The fraction of sp³-hybridized carbons (Fsp3) is 0.192. The van der Waals surface area contributed by atoms with Gasteiger partial charge in [-0.1, -0.05) is 24.3 Å². The van der Waals surface area contributed by atoms with Crippen LogP contribution in [0.1, 0.15) is 12.5 Å². The largest absolute Gasteiger partial charge is 0.453 e. The third-order valence-electron chi connectivity index (χ3n) is 5.83. The molecule has 0 unspecified atom stereocenters. The molecule has 1 N–H and O–H groups in total. The van der Waals surface area contributed by atoms with Crippen molar-refractivity contribution in [2.75, 3.05) is 24.4 Å². The highest BCUT2D eigenvalue weighted by molar-refractivity contribution is 7.88. The van der Waals surface area contributed by atoms with E-state index in [9.17, 15) is 8.42 Å². The maximum Gasteiger partial charge on any atom is 0.210 e. The first-order chi connectivity index (χ1) is 16.8. The van der Waals surface area contributed by atoms with Crippen LogP contribution in [0.4, 0.5) is 11.4 Å². The first kappa shape index (κ1) is 22.9. The quantitative estimate of drug-likeness (QED) is 0.217. The monoisotopic (exact) mass is 487 g/mol. The van der Waals surface area contributed by atoms with E-state index in [0.717, 1.165) is 50.5 Å². The van der Waals surface area contributed by atoms with E-state index in [1.54, 1.807) is 12.4 Å². The number of rotatable bonds is 6. The molecule has 0 spiro atoms. The van der Waals surface area contributed by atoms with Crippen molar-refractivity contribution in [3.63, 3.8) is 0 Å². The van der Waals surface area contributed by atoms with Gasteiger partial charge in [-0.05, 0) is 37.6 Å². The second-order valence-electron chi connectivity index (χ2n) is 8.36. The average Bonchev–Trinajstić information content (AvgIpc) is 2.84. The first-order valence-electron chi connectivity index (χ1n) is 11.2. The van der Waals surface area contributed by atoms with E-state index >= 15 is 0 Å². The predicted octanol–water partition coefficient (Wildman–Crippen LogP) is 4.35. The van der Waals surface area contributed by atoms with Gasteiger partial charge in [-0.2, -0.15) is 4.72 Å². The fourth-order valence-corrected chi connectivity index (χ4v) is 4.49. The van der Waals surface area contributed by atoms with Gasteiger partial charge in [-0.25, -0.2) is 18.4 Å². The van der Waals surface area contributed by atoms with Gasteiger partial charge in [-0.15, -0.1) is 0 Å². The van der Waals surface area contributed by atoms with Gasteiger partial charge in [0.05, 0.1) is 24.0 Å². The molecule has 2 heterocycles. The summed E-state index contributed by atoms with van der Waals surface area (Å²) in [6.07, 6.45) is 4.57. The Bertz CT molecular complexity index is 1680. The second-order valence-corrected chi connectivity index (χ2v) is 10.2. The smallest absolute Gasteiger partial charge is 0.210 e. The van der Waals surface area contributed by atoms with Crippen LogP contribution in [0.3, 0.4) is 0 Å². The minimum atomic E-state index is -3.31. The van der Waals surface area contributed by atoms with Gasteiger partial charge in [0.2, 0.25) is 10.0 Å². The van der Waals surface area contributed by atoms with Crippen LogP contribution in [-0.2, 0) is 10.0 Å². The number of anilines is 1. The topological polar surface area (TPSA) is 101 Å². The number of aromatic nitrogens is 2. The first-order valence-corrected chi connectivity index (χ1v) is 13.1. The Hall–Kier alpha value is -3.82. The number of benzene rings is 3. The standard InChI is InChI=1S/C26H25N5O3S/c1-4-31(16-28-35(3,32)33)19-13-17(2)25-23(14-19)34-24-15-22(29-18-9-11-27-12-10-18)20-7-5-6-8-21(20)26(24)30-25/h5-15,28H,4,16H2,1-3H3. The highest BCUT2D eigenvalue weighted by Gasteiger charge is 2.18. The van der Waals surface area contributed by atoms with Crippen LogP contribution < -0.4 is 15.0 Å². The summed E-state index contributed by atoms with van der Waals surface area (Å²) in [5, 5.41) is 2.72. The maximum atomic E-state index is 11.6. The number of sulfonamides is 1. The number of pyridine rings is 1. The van der Waals surface area contributed by atoms with Crippen LogP contribution in [0, 0.1) is 6.92 Å². The molecular formula is C26H25N5O3S. The van der Waals surface area contributed by atoms with E-state index in [0.29, 0.717) is 17.9 Å². The molecule has 0 saturated carbocycles. The third kappa shape index (κ3) is 4.73. The Balaban J connectivity index is 1.72. The normalized spacial score (nSPS) is 12.6. The van der Waals surface area contributed by atoms with Crippen LogP contribution >= 0.6 is 0 Å². The van der Waals surface area contributed by atoms with E-state index in [1.165, 1.54) is 0 Å². The second kappa shape index (κ2) is 9.09. The number of hydrogen-bond acceptors (Lipinski definition) is 7. The predicted molar refractivity (Wildman–Crippen MR) is 138 cm³/mol. The molecule has 2 aliphatic rings. The third-order valence-corrected chi connectivity index (χ3v) is 6.48. The molecular weight excluding hydrogens is 462 g/mol. The van der Waals surface area contributed by atoms with Gasteiger partial charge in [-0.3, -0.25) is 4.98 Å². The molecule has 0 saturated heterocycles. The number of aryl methyl sites for hydroxylation is 1. The van der Waals surface area contributed by atoms with Gasteiger partial charge in [0, 0.05) is 47.5 Å². The molecule has 0 bridgehead atoms. The van der Waals surface area contributed by atoms with Gasteiger partial charge in [0.15, 0.2) is 11.3 Å². The summed E-state index contributed by atoms with van der Waals surface area (Å²) in [7, 11) is -3.31. The molecule has 0 atom stereocenters. The van der Waals surface area contributed by atoms with Crippen molar-refractivity contribution in [3.05, 3.63) is 77.9 Å². The molecule has 0 radical (unpaired) electrons. The molecule has 5 rings (SSSR count). The minimum absolute atomic E-state index is 0.168. The summed E-state index contributed by atoms with van der Waals surface area (Å²) in [5.74, 6) is 0.623. The van der Waals surface area contributed by atoms with Crippen LogP contribution in [0.15, 0.2) is 76.4 Å². The lowest BCUT2D eigenvalue weighted by Crippen LogP contribution is -2.37. The highest BCUT2D eigenvalue weighted by Crippen LogP contribution is 2.33. The molecule has 9 heteroatoms. The fourth-order valence-electron chi connectivity index (χ4n) is 4.10. The van der Waals surface area contributed by atoms with E-state index in [4.69, 9.17) is 14.4 Å². The van der Waals surface area contributed by atoms with Crippen molar-refractivity contribution in [3.8, 4) is 11.5 Å². The molecule has 35 heavy (non-hydrogen) atoms. The lowest BCUT2D eigenvalue weighted by molar-refractivity contribution is 0.585. The maximum absolute atomic E-state index is 11.6. The van der Waals surface area contributed by atoms with Gasteiger partial charge in [0.1, 0.15) is 11.2 Å². The van der Waals surface area contributed by atoms with Crippen molar-refractivity contribution in [1.29, 1.82) is 0 Å². The van der Waals surface area contributed by atoms with Crippen molar-refractivity contribution in [1.82, 2.24) is 14.7 Å². The molecule has 8 nitrogen and oxygen atoms in total. The summed E-state index contributed by atoms with van der Waals surface area (Å²) >= 11 is 0. The van der Waals surface area contributed by atoms with Gasteiger partial charge >= 0.3 is 0 Å². The van der Waals surface area contributed by atoms with Crippen LogP contribution in [0.2, 0.25) is 0 Å². The lowest BCUT2D eigenvalue weighted by Gasteiger charge is -2.24. The zero-order valence-corrected chi connectivity index (χ0v) is 20.5. The Morgan fingerprint density at radius 3 is 2.51 bits per heavy atom. The molecule has 178 valence electrons. The molecule has 3 aromatic rings. The molecule has 0 amide bonds. The summed E-state index contributed by atoms with van der Waals surface area (Å²) in [4.78, 5) is 15.8. The summed E-state index contributed by atoms with van der Waals surface area (Å²) < 4.78 is 32.1. The van der Waals surface area contributed by atoms with Crippen molar-refractivity contribution in [2.45, 2.75) is 13.8 Å². The summed E-state index contributed by atoms with van der Waals surface area (Å²) in [5.41, 5.74) is 4.74. The van der Waals surface area contributed by atoms with Crippen LogP contribution in [0.5, 0.6) is 0 Å². The minimum Gasteiger partial charge on any atom is -0.453 e. The number of nitrogens with zero attached hydrogens (tertiary/aromatic N) is 4. The van der Waals surface area contributed by atoms with Gasteiger partial charge in [0.25, 0.3) is 0 Å². The molecule has 1 aromatic heterocycles. The number of nitrogens with one attached hydrogen (secondary N) is 1. The number of fused-ring (bicyclic) bond motifs is 4. The van der Waals surface area contributed by atoms with Crippen LogP contribution in [0.25, 0.3) is 33.3 Å². The highest BCUT2D eigenvalue weighted by atomic mass is 32.2. The van der Waals surface area contributed by atoms with E-state index in [1.807, 2.05) is 73.3 Å². The number of hydrogen-bond donors (Lipinski definition) is 1. The summed E-state index contributed by atoms with van der Waals surface area (Å²) in [6, 6.07) is 17.5. The molecule has 0 fully saturated rings. The Labute approximate surface area is 203 Å². The van der Waals surface area contributed by atoms with E-state index in [2.05, 4.69) is 9.71 Å². The zero-order chi connectivity index (χ0) is 24.6. The van der Waals surface area contributed by atoms with Crippen molar-refractivity contribution < 1.29 is 12.8 Å². The van der Waals surface area contributed by atoms with Crippen LogP contribution in [-0.4, -0.2) is 37.9 Å².